The predicted octanol–water partition coefficient (Wildman–Crippen LogP) is 0.984. The molecule has 0 aromatic heterocycles. The molecule has 1 amide bonds. The average Bonchev–Trinajstić information content (AvgIpc) is 3.19. The molecule has 2 rings (SSSR count). The van der Waals surface area contributed by atoms with Crippen molar-refractivity contribution in [2.24, 2.45) is 0 Å². The Balaban J connectivity index is 2.16. The molecule has 1 aromatic carbocycles. The number of amides is 1. The number of benzene rings is 1. The molecule has 0 heterocycles. The van der Waals surface area contributed by atoms with Gasteiger partial charge < -0.3 is 15.7 Å². The summed E-state index contributed by atoms with van der Waals surface area (Å²) in [6, 6.07) is 3.90. The van der Waals surface area contributed by atoms with Crippen molar-refractivity contribution < 1.29 is 19.6 Å². The Morgan fingerprint density at radius 2 is 2.10 bits per heavy atom. The van der Waals surface area contributed by atoms with Crippen molar-refractivity contribution in [1.29, 1.82) is 0 Å². The highest BCUT2D eigenvalue weighted by Crippen LogP contribution is 2.28. The fraction of sp³-hybridized carbons (Fsp3) is 0.333. The minimum atomic E-state index is -1.29. The maximum Gasteiger partial charge on any atom is 0.338 e. The molecule has 106 valence electrons. The highest BCUT2D eigenvalue weighted by atomic mass is 16.6. The Hall–Kier alpha value is -2.64. The second-order valence-corrected chi connectivity index (χ2v) is 4.46. The van der Waals surface area contributed by atoms with Crippen molar-refractivity contribution in [2.75, 3.05) is 11.9 Å². The fourth-order valence-corrected chi connectivity index (χ4v) is 1.73. The lowest BCUT2D eigenvalue weighted by Gasteiger charge is -2.10. The minimum Gasteiger partial charge on any atom is -0.478 e. The molecule has 0 bridgehead atoms. The molecule has 0 spiro atoms. The molecule has 1 aliphatic carbocycles. The van der Waals surface area contributed by atoms with Gasteiger partial charge in [-0.15, -0.1) is 0 Å². The SMILES string of the molecule is O=C(CNc1c(C(=O)O)cccc1[N+](=O)[O-])NC1CC1. The first-order valence-electron chi connectivity index (χ1n) is 6.03. The number of nitro benzene ring substituents is 1. The van der Waals surface area contributed by atoms with Gasteiger partial charge in [0.05, 0.1) is 17.0 Å². The zero-order chi connectivity index (χ0) is 14.7. The van der Waals surface area contributed by atoms with Gasteiger partial charge in [0.15, 0.2) is 0 Å². The van der Waals surface area contributed by atoms with Crippen LogP contribution < -0.4 is 10.6 Å². The van der Waals surface area contributed by atoms with Crippen LogP contribution in [0.15, 0.2) is 18.2 Å². The van der Waals surface area contributed by atoms with Crippen LogP contribution in [0, 0.1) is 10.1 Å². The third kappa shape index (κ3) is 3.22. The monoisotopic (exact) mass is 279 g/mol. The summed E-state index contributed by atoms with van der Waals surface area (Å²) in [6.45, 7) is -0.207. The number of carbonyl (C=O) groups is 2. The number of para-hydroxylation sites is 1. The van der Waals surface area contributed by atoms with E-state index in [1.165, 1.54) is 18.2 Å². The first kappa shape index (κ1) is 13.8. The van der Waals surface area contributed by atoms with Crippen molar-refractivity contribution >= 4 is 23.3 Å². The molecule has 0 saturated heterocycles. The van der Waals surface area contributed by atoms with Crippen LogP contribution in [-0.2, 0) is 4.79 Å². The van der Waals surface area contributed by atoms with Crippen molar-refractivity contribution in [3.8, 4) is 0 Å². The van der Waals surface area contributed by atoms with E-state index in [0.717, 1.165) is 12.8 Å². The van der Waals surface area contributed by atoms with Gasteiger partial charge in [0.1, 0.15) is 5.69 Å². The van der Waals surface area contributed by atoms with E-state index in [1.54, 1.807) is 0 Å². The van der Waals surface area contributed by atoms with E-state index in [2.05, 4.69) is 10.6 Å². The average molecular weight is 279 g/mol. The van der Waals surface area contributed by atoms with Crippen LogP contribution in [0.2, 0.25) is 0 Å². The Kier molecular flexibility index (Phi) is 3.83. The summed E-state index contributed by atoms with van der Waals surface area (Å²) in [6.07, 6.45) is 1.86. The molecule has 20 heavy (non-hydrogen) atoms. The summed E-state index contributed by atoms with van der Waals surface area (Å²) in [5.41, 5.74) is -0.765. The second-order valence-electron chi connectivity index (χ2n) is 4.46. The maximum atomic E-state index is 11.5. The van der Waals surface area contributed by atoms with Crippen LogP contribution in [0.3, 0.4) is 0 Å². The molecule has 8 heteroatoms. The van der Waals surface area contributed by atoms with Gasteiger partial charge >= 0.3 is 5.97 Å². The molecule has 3 N–H and O–H groups in total. The van der Waals surface area contributed by atoms with Gasteiger partial charge in [0.2, 0.25) is 5.91 Å². The van der Waals surface area contributed by atoms with Gasteiger partial charge in [-0.05, 0) is 18.9 Å². The highest BCUT2D eigenvalue weighted by molar-refractivity contribution is 5.97. The lowest BCUT2D eigenvalue weighted by Crippen LogP contribution is -2.31. The summed E-state index contributed by atoms with van der Waals surface area (Å²) >= 11 is 0. The topological polar surface area (TPSA) is 122 Å². The number of hydrogen-bond donors (Lipinski definition) is 3. The number of nitro groups is 1. The van der Waals surface area contributed by atoms with E-state index in [4.69, 9.17) is 5.11 Å². The van der Waals surface area contributed by atoms with Crippen LogP contribution in [0.5, 0.6) is 0 Å². The third-order valence-electron chi connectivity index (χ3n) is 2.84. The van der Waals surface area contributed by atoms with Crippen molar-refractivity contribution in [3.05, 3.63) is 33.9 Å². The number of rotatable bonds is 6. The number of anilines is 1. The molecule has 1 fully saturated rings. The largest absolute Gasteiger partial charge is 0.478 e. The number of nitrogens with zero attached hydrogens (tertiary/aromatic N) is 1. The van der Waals surface area contributed by atoms with Crippen LogP contribution in [0.25, 0.3) is 0 Å². The standard InChI is InChI=1S/C12H13N3O5/c16-10(14-7-4-5-7)6-13-11-8(12(17)18)2-1-3-9(11)15(19)20/h1-3,7,13H,4-6H2,(H,14,16)(H,17,18). The number of carbonyl (C=O) groups excluding carboxylic acids is 1. The maximum absolute atomic E-state index is 11.5. The Bertz CT molecular complexity index is 536. The van der Waals surface area contributed by atoms with Gasteiger partial charge in [0.25, 0.3) is 5.69 Å². The van der Waals surface area contributed by atoms with Crippen LogP contribution in [0.4, 0.5) is 11.4 Å². The zero-order valence-corrected chi connectivity index (χ0v) is 10.5. The smallest absolute Gasteiger partial charge is 0.338 e. The van der Waals surface area contributed by atoms with E-state index >= 15 is 0 Å². The first-order chi connectivity index (χ1) is 9.49. The number of aromatic carboxylic acids is 1. The molecule has 0 radical (unpaired) electrons. The lowest BCUT2D eigenvalue weighted by atomic mass is 10.1. The van der Waals surface area contributed by atoms with E-state index in [1.807, 2.05) is 0 Å². The van der Waals surface area contributed by atoms with Gasteiger partial charge in [-0.1, -0.05) is 6.07 Å². The molecule has 1 aromatic rings. The number of carboxylic acids is 1. The van der Waals surface area contributed by atoms with E-state index in [-0.39, 0.29) is 35.4 Å². The molecule has 8 nitrogen and oxygen atoms in total. The summed E-state index contributed by atoms with van der Waals surface area (Å²) in [5, 5.41) is 25.2. The quantitative estimate of drug-likeness (QED) is 0.527. The van der Waals surface area contributed by atoms with E-state index in [9.17, 15) is 19.7 Å². The van der Waals surface area contributed by atoms with Gasteiger partial charge in [-0.2, -0.15) is 0 Å². The number of carboxylic acid groups (broad SMARTS) is 1. The van der Waals surface area contributed by atoms with Crippen molar-refractivity contribution in [3.63, 3.8) is 0 Å². The third-order valence-corrected chi connectivity index (χ3v) is 2.84. The molecule has 1 aliphatic rings. The van der Waals surface area contributed by atoms with Crippen LogP contribution in [0.1, 0.15) is 23.2 Å². The predicted molar refractivity (Wildman–Crippen MR) is 69.7 cm³/mol. The molecule has 0 atom stereocenters. The van der Waals surface area contributed by atoms with E-state index in [0.29, 0.717) is 0 Å². The minimum absolute atomic E-state index is 0.157. The molecule has 1 saturated carbocycles. The van der Waals surface area contributed by atoms with Gasteiger partial charge in [-0.3, -0.25) is 14.9 Å². The van der Waals surface area contributed by atoms with E-state index < -0.39 is 10.9 Å². The fourth-order valence-electron chi connectivity index (χ4n) is 1.73. The normalized spacial score (nSPS) is 13.6. The Labute approximate surface area is 113 Å². The van der Waals surface area contributed by atoms with Crippen LogP contribution >= 0.6 is 0 Å². The van der Waals surface area contributed by atoms with Crippen molar-refractivity contribution in [2.45, 2.75) is 18.9 Å². The van der Waals surface area contributed by atoms with Gasteiger partial charge in [-0.25, -0.2) is 4.79 Å². The zero-order valence-electron chi connectivity index (χ0n) is 10.5. The lowest BCUT2D eigenvalue weighted by molar-refractivity contribution is -0.384. The van der Waals surface area contributed by atoms with Crippen LogP contribution in [-0.4, -0.2) is 34.5 Å². The number of nitrogens with one attached hydrogen (secondary N) is 2. The summed E-state index contributed by atoms with van der Waals surface area (Å²) < 4.78 is 0. The van der Waals surface area contributed by atoms with Crippen molar-refractivity contribution in [1.82, 2.24) is 5.32 Å². The first-order valence-corrected chi connectivity index (χ1v) is 6.03. The molecular weight excluding hydrogens is 266 g/mol. The Morgan fingerprint density at radius 1 is 1.40 bits per heavy atom. The number of hydrogen-bond acceptors (Lipinski definition) is 5. The molecule has 0 unspecified atom stereocenters. The summed E-state index contributed by atoms with van der Waals surface area (Å²) in [7, 11) is 0. The highest BCUT2D eigenvalue weighted by Gasteiger charge is 2.25. The summed E-state index contributed by atoms with van der Waals surface area (Å²) in [4.78, 5) is 32.8. The molecule has 0 aliphatic heterocycles. The summed E-state index contributed by atoms with van der Waals surface area (Å²) in [5.74, 6) is -1.61. The molecular formula is C12H13N3O5. The Morgan fingerprint density at radius 3 is 2.65 bits per heavy atom. The second kappa shape index (κ2) is 5.55. The van der Waals surface area contributed by atoms with Gasteiger partial charge in [0, 0.05) is 12.1 Å².